The first-order valence-electron chi connectivity index (χ1n) is 8.17. The van der Waals surface area contributed by atoms with Gasteiger partial charge in [0.05, 0.1) is 5.56 Å². The molecule has 1 heterocycles. The average Bonchev–Trinajstić information content (AvgIpc) is 2.62. The first-order chi connectivity index (χ1) is 12.4. The van der Waals surface area contributed by atoms with Gasteiger partial charge in [0.15, 0.2) is 0 Å². The number of amides is 1. The van der Waals surface area contributed by atoms with Gasteiger partial charge in [-0.05, 0) is 55.7 Å². The summed E-state index contributed by atoms with van der Waals surface area (Å²) in [4.78, 5) is 20.9. The second kappa shape index (κ2) is 7.54. The van der Waals surface area contributed by atoms with Crippen molar-refractivity contribution in [1.82, 2.24) is 9.97 Å². The van der Waals surface area contributed by atoms with Crippen LogP contribution in [0.25, 0.3) is 0 Å². The first kappa shape index (κ1) is 17.9. The van der Waals surface area contributed by atoms with Crippen LogP contribution in [0.15, 0.2) is 48.8 Å². The van der Waals surface area contributed by atoms with E-state index in [1.807, 2.05) is 51.1 Å². The van der Waals surface area contributed by atoms with Gasteiger partial charge in [0, 0.05) is 28.8 Å². The van der Waals surface area contributed by atoms with Crippen LogP contribution in [0.2, 0.25) is 5.02 Å². The average molecular weight is 367 g/mol. The van der Waals surface area contributed by atoms with E-state index in [2.05, 4.69) is 20.6 Å². The summed E-state index contributed by atoms with van der Waals surface area (Å²) in [5.41, 5.74) is 5.18. The standard InChI is InChI=1S/C20H19ClN4O/c1-12-5-4-6-17(14(12)3)24-19(26)15-10-22-20(23-11-15)25-18-9-16(21)8-7-13(18)2/h4-11H,1-3H3,(H,24,26)(H,22,23,25). The number of anilines is 3. The first-order valence-corrected chi connectivity index (χ1v) is 8.54. The SMILES string of the molecule is Cc1ccc(Cl)cc1Nc1ncc(C(=O)Nc2cccc(C)c2C)cn1. The second-order valence-electron chi connectivity index (χ2n) is 6.08. The molecule has 3 rings (SSSR count). The Kier molecular flexibility index (Phi) is 5.19. The van der Waals surface area contributed by atoms with Crippen LogP contribution < -0.4 is 10.6 Å². The number of halogens is 1. The van der Waals surface area contributed by atoms with Crippen molar-refractivity contribution in [1.29, 1.82) is 0 Å². The van der Waals surface area contributed by atoms with Gasteiger partial charge in [0.25, 0.3) is 5.91 Å². The summed E-state index contributed by atoms with van der Waals surface area (Å²) in [5.74, 6) is 0.155. The van der Waals surface area contributed by atoms with Crippen LogP contribution in [-0.2, 0) is 0 Å². The number of nitrogens with one attached hydrogen (secondary N) is 2. The quantitative estimate of drug-likeness (QED) is 0.678. The predicted octanol–water partition coefficient (Wildman–Crippen LogP) is 5.05. The number of benzene rings is 2. The smallest absolute Gasteiger partial charge is 0.258 e. The molecule has 132 valence electrons. The van der Waals surface area contributed by atoms with E-state index in [4.69, 9.17) is 11.6 Å². The third kappa shape index (κ3) is 4.00. The Morgan fingerprint density at radius 2 is 1.69 bits per heavy atom. The molecule has 3 aromatic rings. The van der Waals surface area contributed by atoms with E-state index in [1.165, 1.54) is 12.4 Å². The van der Waals surface area contributed by atoms with E-state index >= 15 is 0 Å². The summed E-state index contributed by atoms with van der Waals surface area (Å²) in [5, 5.41) is 6.63. The van der Waals surface area contributed by atoms with Crippen molar-refractivity contribution in [2.45, 2.75) is 20.8 Å². The Morgan fingerprint density at radius 3 is 2.42 bits per heavy atom. The van der Waals surface area contributed by atoms with Crippen molar-refractivity contribution >= 4 is 34.8 Å². The molecule has 0 atom stereocenters. The van der Waals surface area contributed by atoms with Gasteiger partial charge in [0.2, 0.25) is 5.95 Å². The molecule has 1 aromatic heterocycles. The summed E-state index contributed by atoms with van der Waals surface area (Å²) >= 11 is 6.02. The lowest BCUT2D eigenvalue weighted by molar-refractivity contribution is 0.102. The number of hydrogen-bond donors (Lipinski definition) is 2. The molecule has 1 amide bonds. The van der Waals surface area contributed by atoms with Crippen LogP contribution in [-0.4, -0.2) is 15.9 Å². The maximum atomic E-state index is 12.4. The Labute approximate surface area is 157 Å². The van der Waals surface area contributed by atoms with Crippen LogP contribution in [0.1, 0.15) is 27.0 Å². The van der Waals surface area contributed by atoms with Crippen molar-refractivity contribution < 1.29 is 4.79 Å². The molecular formula is C20H19ClN4O. The minimum atomic E-state index is -0.246. The topological polar surface area (TPSA) is 66.9 Å². The van der Waals surface area contributed by atoms with Crippen molar-refractivity contribution in [2.24, 2.45) is 0 Å². The molecule has 0 unspecified atom stereocenters. The molecule has 0 spiro atoms. The fraction of sp³-hybridized carbons (Fsp3) is 0.150. The van der Waals surface area contributed by atoms with Gasteiger partial charge in [0.1, 0.15) is 0 Å². The lowest BCUT2D eigenvalue weighted by atomic mass is 10.1. The lowest BCUT2D eigenvalue weighted by Gasteiger charge is -2.11. The molecule has 0 fully saturated rings. The monoisotopic (exact) mass is 366 g/mol. The highest BCUT2D eigenvalue weighted by molar-refractivity contribution is 6.30. The summed E-state index contributed by atoms with van der Waals surface area (Å²) in [7, 11) is 0. The molecule has 0 bridgehead atoms. The third-order valence-corrected chi connectivity index (χ3v) is 4.45. The Morgan fingerprint density at radius 1 is 0.962 bits per heavy atom. The van der Waals surface area contributed by atoms with Crippen LogP contribution >= 0.6 is 11.6 Å². The van der Waals surface area contributed by atoms with Crippen LogP contribution in [0.4, 0.5) is 17.3 Å². The second-order valence-corrected chi connectivity index (χ2v) is 6.52. The number of aryl methyl sites for hydroxylation is 2. The maximum absolute atomic E-state index is 12.4. The van der Waals surface area contributed by atoms with E-state index in [-0.39, 0.29) is 5.91 Å². The minimum absolute atomic E-state index is 0.246. The summed E-state index contributed by atoms with van der Waals surface area (Å²) < 4.78 is 0. The molecule has 0 aliphatic heterocycles. The number of hydrogen-bond acceptors (Lipinski definition) is 4. The number of rotatable bonds is 4. The highest BCUT2D eigenvalue weighted by Gasteiger charge is 2.10. The van der Waals surface area contributed by atoms with Crippen molar-refractivity contribution in [3.63, 3.8) is 0 Å². The van der Waals surface area contributed by atoms with E-state index in [0.717, 1.165) is 28.1 Å². The molecule has 0 aliphatic carbocycles. The highest BCUT2D eigenvalue weighted by Crippen LogP contribution is 2.23. The zero-order valence-electron chi connectivity index (χ0n) is 14.8. The van der Waals surface area contributed by atoms with Crippen LogP contribution in [0, 0.1) is 20.8 Å². The number of aromatic nitrogens is 2. The minimum Gasteiger partial charge on any atom is -0.324 e. The molecule has 0 saturated carbocycles. The van der Waals surface area contributed by atoms with Crippen molar-refractivity contribution in [3.8, 4) is 0 Å². The van der Waals surface area contributed by atoms with Gasteiger partial charge in [-0.15, -0.1) is 0 Å². The molecule has 2 aromatic carbocycles. The third-order valence-electron chi connectivity index (χ3n) is 4.21. The highest BCUT2D eigenvalue weighted by atomic mass is 35.5. The van der Waals surface area contributed by atoms with Gasteiger partial charge in [-0.2, -0.15) is 0 Å². The van der Waals surface area contributed by atoms with Gasteiger partial charge in [-0.25, -0.2) is 9.97 Å². The molecule has 26 heavy (non-hydrogen) atoms. The molecule has 6 heteroatoms. The molecular weight excluding hydrogens is 348 g/mol. The molecule has 0 saturated heterocycles. The largest absolute Gasteiger partial charge is 0.324 e. The van der Waals surface area contributed by atoms with Gasteiger partial charge >= 0.3 is 0 Å². The van der Waals surface area contributed by atoms with Crippen molar-refractivity contribution in [3.05, 3.63) is 76.1 Å². The van der Waals surface area contributed by atoms with Gasteiger partial charge < -0.3 is 10.6 Å². The fourth-order valence-electron chi connectivity index (χ4n) is 2.44. The fourth-order valence-corrected chi connectivity index (χ4v) is 2.61. The van der Waals surface area contributed by atoms with Crippen LogP contribution in [0.5, 0.6) is 0 Å². The van der Waals surface area contributed by atoms with E-state index in [1.54, 1.807) is 6.07 Å². The zero-order valence-corrected chi connectivity index (χ0v) is 15.6. The number of carbonyl (C=O) groups is 1. The van der Waals surface area contributed by atoms with E-state index in [0.29, 0.717) is 16.5 Å². The zero-order chi connectivity index (χ0) is 18.7. The Bertz CT molecular complexity index is 955. The van der Waals surface area contributed by atoms with Crippen LogP contribution in [0.3, 0.4) is 0 Å². The summed E-state index contributed by atoms with van der Waals surface area (Å²) in [6, 6.07) is 11.3. The van der Waals surface area contributed by atoms with E-state index in [9.17, 15) is 4.79 Å². The summed E-state index contributed by atoms with van der Waals surface area (Å²) in [6.07, 6.45) is 2.99. The molecule has 0 radical (unpaired) electrons. The van der Waals surface area contributed by atoms with Crippen molar-refractivity contribution in [2.75, 3.05) is 10.6 Å². The molecule has 0 aliphatic rings. The van der Waals surface area contributed by atoms with Gasteiger partial charge in [-0.3, -0.25) is 4.79 Å². The normalized spacial score (nSPS) is 10.5. The Balaban J connectivity index is 1.73. The predicted molar refractivity (Wildman–Crippen MR) is 105 cm³/mol. The Hall–Kier alpha value is -2.92. The van der Waals surface area contributed by atoms with E-state index < -0.39 is 0 Å². The summed E-state index contributed by atoms with van der Waals surface area (Å²) in [6.45, 7) is 5.94. The van der Waals surface area contributed by atoms with Gasteiger partial charge in [-0.1, -0.05) is 29.8 Å². The molecule has 5 nitrogen and oxygen atoms in total. The lowest BCUT2D eigenvalue weighted by Crippen LogP contribution is -2.14. The number of nitrogens with zero attached hydrogens (tertiary/aromatic N) is 2. The maximum Gasteiger partial charge on any atom is 0.258 e. The number of carbonyl (C=O) groups excluding carboxylic acids is 1. The molecule has 2 N–H and O–H groups in total.